The lowest BCUT2D eigenvalue weighted by Gasteiger charge is -2.37. The van der Waals surface area contributed by atoms with Crippen LogP contribution in [0, 0.1) is 5.82 Å². The van der Waals surface area contributed by atoms with Gasteiger partial charge < -0.3 is 19.9 Å². The fourth-order valence-electron chi connectivity index (χ4n) is 3.91. The van der Waals surface area contributed by atoms with Crippen LogP contribution in [0.25, 0.3) is 0 Å². The number of carbonyl (C=O) groups excluding carboxylic acids is 1. The molecule has 29 heavy (non-hydrogen) atoms. The molecule has 0 aromatic heterocycles. The maximum Gasteiger partial charge on any atom is 0.236 e. The van der Waals surface area contributed by atoms with Crippen molar-refractivity contribution in [3.8, 4) is 0 Å². The molecule has 1 atom stereocenters. The molecule has 0 spiro atoms. The molecule has 7 nitrogen and oxygen atoms in total. The molecule has 160 valence electrons. The van der Waals surface area contributed by atoms with Crippen molar-refractivity contribution in [2.24, 2.45) is 4.99 Å². The molecule has 2 fully saturated rings. The first-order chi connectivity index (χ1) is 14.1. The second-order valence-corrected chi connectivity index (χ2v) is 7.56. The van der Waals surface area contributed by atoms with E-state index in [1.54, 1.807) is 26.3 Å². The van der Waals surface area contributed by atoms with Crippen LogP contribution in [0.5, 0.6) is 0 Å². The molecule has 1 unspecified atom stereocenters. The van der Waals surface area contributed by atoms with Crippen LogP contribution in [0.15, 0.2) is 29.3 Å². The lowest BCUT2D eigenvalue weighted by atomic mass is 10.1. The number of hydrogen-bond donors (Lipinski definition) is 1. The van der Waals surface area contributed by atoms with Crippen LogP contribution in [-0.2, 0) is 9.53 Å². The van der Waals surface area contributed by atoms with Gasteiger partial charge in [-0.3, -0.25) is 14.7 Å². The number of ether oxygens (including phenoxy) is 1. The molecule has 2 heterocycles. The number of piperazine rings is 1. The second kappa shape index (κ2) is 10.5. The molecule has 1 aromatic rings. The van der Waals surface area contributed by atoms with Gasteiger partial charge in [0.05, 0.1) is 12.6 Å². The van der Waals surface area contributed by atoms with E-state index in [1.165, 1.54) is 12.1 Å². The highest BCUT2D eigenvalue weighted by atomic mass is 19.1. The first-order valence-corrected chi connectivity index (χ1v) is 10.3. The summed E-state index contributed by atoms with van der Waals surface area (Å²) < 4.78 is 18.7. The third-order valence-corrected chi connectivity index (χ3v) is 5.67. The monoisotopic (exact) mass is 405 g/mol. The smallest absolute Gasteiger partial charge is 0.236 e. The van der Waals surface area contributed by atoms with Crippen molar-refractivity contribution in [1.29, 1.82) is 0 Å². The Morgan fingerprint density at radius 2 is 1.76 bits per heavy atom. The normalized spacial score (nSPS) is 19.5. The number of aliphatic imine (C=N–C) groups is 1. The fourth-order valence-corrected chi connectivity index (χ4v) is 3.91. The zero-order valence-electron chi connectivity index (χ0n) is 17.4. The van der Waals surface area contributed by atoms with Gasteiger partial charge in [-0.15, -0.1) is 0 Å². The first-order valence-electron chi connectivity index (χ1n) is 10.3. The standard InChI is InChI=1S/C21H32FN5O2/c1-23-21(24-15-19(29-2)17-5-7-18(22)8-6-17)27-13-11-25(12-14-27)16-20(28)26-9-3-4-10-26/h5-8,19H,3-4,9-16H2,1-2H3,(H,23,24). The number of rotatable bonds is 6. The number of amides is 1. The lowest BCUT2D eigenvalue weighted by molar-refractivity contribution is -0.131. The Kier molecular flexibility index (Phi) is 7.83. The maximum absolute atomic E-state index is 13.2. The van der Waals surface area contributed by atoms with E-state index < -0.39 is 0 Å². The summed E-state index contributed by atoms with van der Waals surface area (Å²) in [6.07, 6.45) is 2.07. The van der Waals surface area contributed by atoms with Crippen LogP contribution in [0.2, 0.25) is 0 Å². The SMILES string of the molecule is CN=C(NCC(OC)c1ccc(F)cc1)N1CCN(CC(=O)N2CCCC2)CC1. The van der Waals surface area contributed by atoms with Crippen molar-refractivity contribution >= 4 is 11.9 Å². The van der Waals surface area contributed by atoms with Gasteiger partial charge in [-0.25, -0.2) is 4.39 Å². The molecule has 8 heteroatoms. The Labute approximate surface area is 172 Å². The molecular weight excluding hydrogens is 373 g/mol. The van der Waals surface area contributed by atoms with Gasteiger partial charge in [0, 0.05) is 60.0 Å². The van der Waals surface area contributed by atoms with Crippen molar-refractivity contribution in [3.63, 3.8) is 0 Å². The first kappa shape index (κ1) is 21.5. The van der Waals surface area contributed by atoms with Crippen molar-refractivity contribution in [2.75, 3.05) is 66.5 Å². The Bertz CT molecular complexity index is 683. The second-order valence-electron chi connectivity index (χ2n) is 7.56. The van der Waals surface area contributed by atoms with Gasteiger partial charge in [-0.2, -0.15) is 0 Å². The maximum atomic E-state index is 13.2. The van der Waals surface area contributed by atoms with Crippen LogP contribution in [0.4, 0.5) is 4.39 Å². The average Bonchev–Trinajstić information content (AvgIpc) is 3.28. The number of benzene rings is 1. The topological polar surface area (TPSA) is 60.4 Å². The highest BCUT2D eigenvalue weighted by molar-refractivity contribution is 5.80. The van der Waals surface area contributed by atoms with E-state index in [-0.39, 0.29) is 17.8 Å². The quantitative estimate of drug-likeness (QED) is 0.572. The molecule has 2 aliphatic rings. The number of guanidine groups is 1. The van der Waals surface area contributed by atoms with E-state index in [2.05, 4.69) is 20.1 Å². The van der Waals surface area contributed by atoms with Gasteiger partial charge in [-0.1, -0.05) is 12.1 Å². The number of nitrogens with zero attached hydrogens (tertiary/aromatic N) is 4. The molecular formula is C21H32FN5O2. The number of methoxy groups -OCH3 is 1. The van der Waals surface area contributed by atoms with Crippen LogP contribution in [0.3, 0.4) is 0 Å². The zero-order valence-corrected chi connectivity index (χ0v) is 17.4. The average molecular weight is 406 g/mol. The molecule has 1 N–H and O–H groups in total. The van der Waals surface area contributed by atoms with E-state index in [9.17, 15) is 9.18 Å². The van der Waals surface area contributed by atoms with E-state index >= 15 is 0 Å². The van der Waals surface area contributed by atoms with Gasteiger partial charge in [0.1, 0.15) is 5.82 Å². The summed E-state index contributed by atoms with van der Waals surface area (Å²) in [5.74, 6) is 0.814. The Morgan fingerprint density at radius 1 is 1.10 bits per heavy atom. The van der Waals surface area contributed by atoms with Crippen molar-refractivity contribution in [3.05, 3.63) is 35.6 Å². The van der Waals surface area contributed by atoms with E-state index in [0.717, 1.165) is 63.6 Å². The molecule has 0 saturated carbocycles. The summed E-state index contributed by atoms with van der Waals surface area (Å²) in [6.45, 7) is 6.19. The third-order valence-electron chi connectivity index (χ3n) is 5.67. The summed E-state index contributed by atoms with van der Waals surface area (Å²) >= 11 is 0. The van der Waals surface area contributed by atoms with Gasteiger partial charge in [0.15, 0.2) is 5.96 Å². The third kappa shape index (κ3) is 5.90. The van der Waals surface area contributed by atoms with Crippen LogP contribution < -0.4 is 5.32 Å². The molecule has 1 amide bonds. The molecule has 0 aliphatic carbocycles. The summed E-state index contributed by atoms with van der Waals surface area (Å²) in [5, 5.41) is 3.37. The minimum atomic E-state index is -0.256. The Hall–Kier alpha value is -2.19. The van der Waals surface area contributed by atoms with Gasteiger partial charge in [-0.05, 0) is 30.5 Å². The number of carbonyl (C=O) groups is 1. The molecule has 3 rings (SSSR count). The van der Waals surface area contributed by atoms with Crippen LogP contribution in [0.1, 0.15) is 24.5 Å². The van der Waals surface area contributed by atoms with Crippen molar-refractivity contribution in [1.82, 2.24) is 20.0 Å². The van der Waals surface area contributed by atoms with Gasteiger partial charge in [0.25, 0.3) is 0 Å². The van der Waals surface area contributed by atoms with Crippen molar-refractivity contribution in [2.45, 2.75) is 18.9 Å². The molecule has 2 aliphatic heterocycles. The predicted octanol–water partition coefficient (Wildman–Crippen LogP) is 1.33. The van der Waals surface area contributed by atoms with E-state index in [4.69, 9.17) is 4.74 Å². The Morgan fingerprint density at radius 3 is 2.34 bits per heavy atom. The fraction of sp³-hybridized carbons (Fsp3) is 0.619. The summed E-state index contributed by atoms with van der Waals surface area (Å²) in [5.41, 5.74) is 0.919. The highest BCUT2D eigenvalue weighted by Gasteiger charge is 2.25. The molecule has 2 saturated heterocycles. The largest absolute Gasteiger partial charge is 0.375 e. The number of hydrogen-bond acceptors (Lipinski definition) is 4. The zero-order chi connectivity index (χ0) is 20.6. The minimum Gasteiger partial charge on any atom is -0.375 e. The summed E-state index contributed by atoms with van der Waals surface area (Å²) in [6, 6.07) is 6.37. The highest BCUT2D eigenvalue weighted by Crippen LogP contribution is 2.16. The lowest BCUT2D eigenvalue weighted by Crippen LogP contribution is -2.54. The molecule has 0 radical (unpaired) electrons. The Balaban J connectivity index is 1.46. The van der Waals surface area contributed by atoms with Crippen LogP contribution >= 0.6 is 0 Å². The predicted molar refractivity (Wildman–Crippen MR) is 111 cm³/mol. The molecule has 0 bridgehead atoms. The molecule has 1 aromatic carbocycles. The van der Waals surface area contributed by atoms with E-state index in [1.807, 2.05) is 4.90 Å². The summed E-state index contributed by atoms with van der Waals surface area (Å²) in [7, 11) is 3.42. The minimum absolute atomic E-state index is 0.188. The van der Waals surface area contributed by atoms with Gasteiger partial charge >= 0.3 is 0 Å². The van der Waals surface area contributed by atoms with E-state index in [0.29, 0.717) is 13.1 Å². The van der Waals surface area contributed by atoms with Crippen molar-refractivity contribution < 1.29 is 13.9 Å². The number of likely N-dealkylation sites (tertiary alicyclic amines) is 1. The van der Waals surface area contributed by atoms with Crippen LogP contribution in [-0.4, -0.2) is 93.1 Å². The summed E-state index contributed by atoms with van der Waals surface area (Å²) in [4.78, 5) is 23.2. The number of nitrogens with one attached hydrogen (secondary N) is 1. The number of halogens is 1. The van der Waals surface area contributed by atoms with Gasteiger partial charge in [0.2, 0.25) is 5.91 Å².